The van der Waals surface area contributed by atoms with Gasteiger partial charge < -0.3 is 20.1 Å². The Kier molecular flexibility index (Phi) is 5.60. The van der Waals surface area contributed by atoms with Gasteiger partial charge in [-0.1, -0.05) is 0 Å². The molecule has 0 aliphatic heterocycles. The molecular weight excluding hydrogens is 300 g/mol. The first-order valence-corrected chi connectivity index (χ1v) is 7.36. The van der Waals surface area contributed by atoms with Crippen molar-refractivity contribution in [2.24, 2.45) is 0 Å². The smallest absolute Gasteiger partial charge is 0.171 e. The van der Waals surface area contributed by atoms with E-state index in [0.29, 0.717) is 17.4 Å². The minimum absolute atomic E-state index is 0.509. The predicted molar refractivity (Wildman–Crippen MR) is 90.5 cm³/mol. The molecule has 0 atom stereocenters. The first-order chi connectivity index (χ1) is 10.7. The number of anilines is 1. The molecule has 0 saturated carbocycles. The van der Waals surface area contributed by atoms with Gasteiger partial charge in [0.25, 0.3) is 0 Å². The third-order valence-corrected chi connectivity index (χ3v) is 3.35. The molecule has 0 fully saturated rings. The quantitative estimate of drug-likeness (QED) is 0.797. The van der Waals surface area contributed by atoms with E-state index in [2.05, 4.69) is 15.7 Å². The van der Waals surface area contributed by atoms with Crippen LogP contribution in [0.3, 0.4) is 0 Å². The highest BCUT2D eigenvalue weighted by Crippen LogP contribution is 2.28. The third-order valence-electron chi connectivity index (χ3n) is 3.11. The van der Waals surface area contributed by atoms with Gasteiger partial charge in [-0.15, -0.1) is 0 Å². The lowest BCUT2D eigenvalue weighted by Crippen LogP contribution is -2.28. The van der Waals surface area contributed by atoms with Gasteiger partial charge in [0.2, 0.25) is 0 Å². The molecule has 2 N–H and O–H groups in total. The molecule has 0 radical (unpaired) electrons. The normalized spacial score (nSPS) is 10.1. The molecular formula is C15H20N4O2S. The Hall–Kier alpha value is -2.28. The van der Waals surface area contributed by atoms with E-state index in [4.69, 9.17) is 21.7 Å². The number of aromatic nitrogens is 2. The molecule has 0 unspecified atom stereocenters. The van der Waals surface area contributed by atoms with Crippen LogP contribution in [0.1, 0.15) is 12.6 Å². The van der Waals surface area contributed by atoms with Crippen LogP contribution in [0.25, 0.3) is 0 Å². The van der Waals surface area contributed by atoms with E-state index in [1.807, 2.05) is 36.0 Å². The van der Waals surface area contributed by atoms with Crippen LogP contribution in [0.5, 0.6) is 11.5 Å². The fraction of sp³-hybridized carbons (Fsp3) is 0.333. The van der Waals surface area contributed by atoms with Gasteiger partial charge in [-0.25, -0.2) is 0 Å². The summed E-state index contributed by atoms with van der Waals surface area (Å²) in [4.78, 5) is 0. The maximum atomic E-state index is 5.32. The molecule has 2 aromatic rings. The van der Waals surface area contributed by atoms with E-state index in [9.17, 15) is 0 Å². The average molecular weight is 320 g/mol. The van der Waals surface area contributed by atoms with Gasteiger partial charge in [-0.3, -0.25) is 4.68 Å². The highest BCUT2D eigenvalue weighted by Gasteiger charge is 2.07. The number of hydrogen-bond donors (Lipinski definition) is 2. The molecule has 0 spiro atoms. The van der Waals surface area contributed by atoms with Gasteiger partial charge in [0.1, 0.15) is 11.5 Å². The lowest BCUT2D eigenvalue weighted by atomic mass is 10.2. The van der Waals surface area contributed by atoms with Crippen LogP contribution >= 0.6 is 12.2 Å². The van der Waals surface area contributed by atoms with Crippen LogP contribution in [0.15, 0.2) is 30.5 Å². The molecule has 0 bridgehead atoms. The van der Waals surface area contributed by atoms with E-state index in [0.717, 1.165) is 23.7 Å². The fourth-order valence-corrected chi connectivity index (χ4v) is 2.10. The van der Waals surface area contributed by atoms with Crippen molar-refractivity contribution in [2.75, 3.05) is 19.5 Å². The molecule has 0 aliphatic carbocycles. The summed E-state index contributed by atoms with van der Waals surface area (Å²) >= 11 is 5.30. The number of rotatable bonds is 6. The molecule has 7 heteroatoms. The Morgan fingerprint density at radius 3 is 2.73 bits per heavy atom. The highest BCUT2D eigenvalue weighted by atomic mass is 32.1. The van der Waals surface area contributed by atoms with E-state index in [1.165, 1.54) is 0 Å². The van der Waals surface area contributed by atoms with Crippen molar-refractivity contribution in [3.8, 4) is 11.5 Å². The number of nitrogens with one attached hydrogen (secondary N) is 2. The van der Waals surface area contributed by atoms with E-state index >= 15 is 0 Å². The molecule has 118 valence electrons. The minimum Gasteiger partial charge on any atom is -0.497 e. The lowest BCUT2D eigenvalue weighted by molar-refractivity contribution is 0.395. The zero-order valence-corrected chi connectivity index (χ0v) is 13.7. The fourth-order valence-electron chi connectivity index (χ4n) is 1.91. The molecule has 0 aliphatic rings. The SMILES string of the molecule is CCn1ccc(CNC(=S)Nc2ccc(OC)cc2OC)n1. The maximum Gasteiger partial charge on any atom is 0.171 e. The summed E-state index contributed by atoms with van der Waals surface area (Å²) in [6, 6.07) is 7.47. The Morgan fingerprint density at radius 2 is 2.09 bits per heavy atom. The maximum absolute atomic E-state index is 5.32. The summed E-state index contributed by atoms with van der Waals surface area (Å²) in [5, 5.41) is 11.1. The zero-order valence-electron chi connectivity index (χ0n) is 12.9. The van der Waals surface area contributed by atoms with Gasteiger partial charge in [0, 0.05) is 18.8 Å². The largest absolute Gasteiger partial charge is 0.497 e. The van der Waals surface area contributed by atoms with Gasteiger partial charge in [0.15, 0.2) is 5.11 Å². The molecule has 1 aromatic heterocycles. The molecule has 0 saturated heterocycles. The van der Waals surface area contributed by atoms with Crippen molar-refractivity contribution in [3.05, 3.63) is 36.2 Å². The van der Waals surface area contributed by atoms with Crippen molar-refractivity contribution in [2.45, 2.75) is 20.0 Å². The molecule has 1 aromatic carbocycles. The number of benzene rings is 1. The third kappa shape index (κ3) is 4.11. The van der Waals surface area contributed by atoms with Crippen molar-refractivity contribution in [1.82, 2.24) is 15.1 Å². The molecule has 22 heavy (non-hydrogen) atoms. The monoisotopic (exact) mass is 320 g/mol. The molecule has 1 heterocycles. The second-order valence-electron chi connectivity index (χ2n) is 4.54. The average Bonchev–Trinajstić information content (AvgIpc) is 3.01. The predicted octanol–water partition coefficient (Wildman–Crippen LogP) is 2.41. The number of ether oxygens (including phenoxy) is 2. The molecule has 2 rings (SSSR count). The first kappa shape index (κ1) is 16.1. The summed E-state index contributed by atoms with van der Waals surface area (Å²) in [5.41, 5.74) is 1.72. The van der Waals surface area contributed by atoms with Crippen LogP contribution in [0.4, 0.5) is 5.69 Å². The van der Waals surface area contributed by atoms with Gasteiger partial charge in [-0.05, 0) is 37.3 Å². The zero-order chi connectivity index (χ0) is 15.9. The summed E-state index contributed by atoms with van der Waals surface area (Å²) in [5.74, 6) is 1.39. The van der Waals surface area contributed by atoms with Crippen molar-refractivity contribution in [3.63, 3.8) is 0 Å². The topological polar surface area (TPSA) is 60.3 Å². The molecule has 0 amide bonds. The lowest BCUT2D eigenvalue weighted by Gasteiger charge is -2.13. The minimum atomic E-state index is 0.509. The van der Waals surface area contributed by atoms with E-state index in [-0.39, 0.29) is 0 Å². The second-order valence-corrected chi connectivity index (χ2v) is 4.94. The highest BCUT2D eigenvalue weighted by molar-refractivity contribution is 7.80. The molecule has 6 nitrogen and oxygen atoms in total. The second kappa shape index (κ2) is 7.65. The summed E-state index contributed by atoms with van der Waals surface area (Å²) < 4.78 is 12.4. The summed E-state index contributed by atoms with van der Waals surface area (Å²) in [6.45, 7) is 3.47. The standard InChI is InChI=1S/C15H20N4O2S/c1-4-19-8-7-11(18-19)10-16-15(22)17-13-6-5-12(20-2)9-14(13)21-3/h5-9H,4,10H2,1-3H3,(H2,16,17,22). The number of nitrogens with zero attached hydrogens (tertiary/aromatic N) is 2. The Morgan fingerprint density at radius 1 is 1.27 bits per heavy atom. The summed E-state index contributed by atoms with van der Waals surface area (Å²) in [6.07, 6.45) is 1.94. The van der Waals surface area contributed by atoms with E-state index in [1.54, 1.807) is 20.3 Å². The number of methoxy groups -OCH3 is 2. The van der Waals surface area contributed by atoms with Crippen molar-refractivity contribution < 1.29 is 9.47 Å². The van der Waals surface area contributed by atoms with Crippen molar-refractivity contribution >= 4 is 23.0 Å². The van der Waals surface area contributed by atoms with Gasteiger partial charge in [-0.2, -0.15) is 5.10 Å². The van der Waals surface area contributed by atoms with Gasteiger partial charge in [0.05, 0.1) is 32.1 Å². The van der Waals surface area contributed by atoms with Crippen molar-refractivity contribution in [1.29, 1.82) is 0 Å². The Labute approximate surface area is 135 Å². The van der Waals surface area contributed by atoms with Gasteiger partial charge >= 0.3 is 0 Å². The number of hydrogen-bond acceptors (Lipinski definition) is 4. The van der Waals surface area contributed by atoms with Crippen LogP contribution in [0.2, 0.25) is 0 Å². The van der Waals surface area contributed by atoms with Crippen LogP contribution in [-0.2, 0) is 13.1 Å². The van der Waals surface area contributed by atoms with Crippen LogP contribution < -0.4 is 20.1 Å². The van der Waals surface area contributed by atoms with E-state index < -0.39 is 0 Å². The number of thiocarbonyl (C=S) groups is 1. The summed E-state index contributed by atoms with van der Waals surface area (Å²) in [7, 11) is 3.22. The Bertz CT molecular complexity index is 642. The van der Waals surface area contributed by atoms with Crippen LogP contribution in [-0.4, -0.2) is 29.1 Å². The number of aryl methyl sites for hydroxylation is 1. The van der Waals surface area contributed by atoms with Crippen LogP contribution in [0, 0.1) is 0 Å². The first-order valence-electron chi connectivity index (χ1n) is 6.95. The Balaban J connectivity index is 1.94.